The van der Waals surface area contributed by atoms with Gasteiger partial charge in [0.15, 0.2) is 0 Å². The lowest BCUT2D eigenvalue weighted by Gasteiger charge is -2.20. The largest absolute Gasteiger partial charge is 0.283 e. The van der Waals surface area contributed by atoms with Gasteiger partial charge in [0.05, 0.1) is 6.04 Å². The molecule has 0 N–H and O–H groups in total. The van der Waals surface area contributed by atoms with Gasteiger partial charge in [-0.3, -0.25) is 4.90 Å². The molecule has 1 heteroatoms. The molecule has 90 valence electrons. The third-order valence-electron chi connectivity index (χ3n) is 3.52. The van der Waals surface area contributed by atoms with Crippen LogP contribution in [0, 0.1) is 0 Å². The summed E-state index contributed by atoms with van der Waals surface area (Å²) in [4.78, 5) is 2.47. The van der Waals surface area contributed by atoms with Crippen LogP contribution in [0.1, 0.15) is 17.2 Å². The molecule has 2 atom stereocenters. The van der Waals surface area contributed by atoms with Crippen molar-refractivity contribution in [3.63, 3.8) is 0 Å². The fourth-order valence-corrected chi connectivity index (χ4v) is 2.52. The second-order valence-electron chi connectivity index (χ2n) is 4.72. The van der Waals surface area contributed by atoms with Gasteiger partial charge in [-0.1, -0.05) is 66.7 Å². The highest BCUT2D eigenvalue weighted by Crippen LogP contribution is 2.37. The fourth-order valence-electron chi connectivity index (χ4n) is 2.52. The first-order valence-electron chi connectivity index (χ1n) is 6.38. The predicted molar refractivity (Wildman–Crippen MR) is 75.4 cm³/mol. The van der Waals surface area contributed by atoms with Gasteiger partial charge in [-0.2, -0.15) is 0 Å². The Morgan fingerprint density at radius 2 is 1.44 bits per heavy atom. The molecule has 1 aliphatic rings. The summed E-state index contributed by atoms with van der Waals surface area (Å²) >= 11 is 0. The Labute approximate surface area is 108 Å². The Bertz CT molecular complexity index is 478. The van der Waals surface area contributed by atoms with E-state index in [1.54, 1.807) is 0 Å². The predicted octanol–water partition coefficient (Wildman–Crippen LogP) is 3.65. The zero-order valence-electron chi connectivity index (χ0n) is 10.4. The molecule has 0 aromatic heterocycles. The highest BCUT2D eigenvalue weighted by Gasteiger charge is 2.38. The topological polar surface area (TPSA) is 3.01 Å². The molecule has 0 spiro atoms. The highest BCUT2D eigenvalue weighted by atomic mass is 15.3. The Hall–Kier alpha value is -1.86. The maximum atomic E-state index is 3.90. The van der Waals surface area contributed by atoms with E-state index in [9.17, 15) is 0 Å². The summed E-state index contributed by atoms with van der Waals surface area (Å²) in [5.74, 6) is 0. The van der Waals surface area contributed by atoms with Crippen LogP contribution < -0.4 is 0 Å². The molecular weight excluding hydrogens is 218 g/mol. The monoisotopic (exact) mass is 235 g/mol. The Balaban J connectivity index is 1.97. The van der Waals surface area contributed by atoms with Crippen molar-refractivity contribution in [2.75, 3.05) is 6.54 Å². The van der Waals surface area contributed by atoms with Gasteiger partial charge in [-0.05, 0) is 11.1 Å². The first-order chi connectivity index (χ1) is 8.90. The van der Waals surface area contributed by atoms with Crippen LogP contribution in [0.4, 0.5) is 0 Å². The number of hydrogen-bond donors (Lipinski definition) is 0. The lowest BCUT2D eigenvalue weighted by atomic mass is 9.98. The van der Waals surface area contributed by atoms with Crippen molar-refractivity contribution in [2.45, 2.75) is 12.1 Å². The molecule has 18 heavy (non-hydrogen) atoms. The number of hydrogen-bond acceptors (Lipinski definition) is 1. The number of nitrogens with zero attached hydrogens (tertiary/aromatic N) is 1. The molecule has 0 amide bonds. The van der Waals surface area contributed by atoms with Gasteiger partial charge < -0.3 is 0 Å². The van der Waals surface area contributed by atoms with E-state index < -0.39 is 0 Å². The van der Waals surface area contributed by atoms with Crippen molar-refractivity contribution in [3.8, 4) is 0 Å². The Kier molecular flexibility index (Phi) is 2.99. The second kappa shape index (κ2) is 4.79. The molecule has 1 heterocycles. The van der Waals surface area contributed by atoms with E-state index in [1.165, 1.54) is 11.1 Å². The maximum Gasteiger partial charge on any atom is 0.0608 e. The van der Waals surface area contributed by atoms with Crippen LogP contribution in [0.2, 0.25) is 0 Å². The fraction of sp³-hybridized carbons (Fsp3) is 0.176. The smallest absolute Gasteiger partial charge is 0.0608 e. The van der Waals surface area contributed by atoms with E-state index in [4.69, 9.17) is 0 Å². The summed E-state index contributed by atoms with van der Waals surface area (Å²) in [5.41, 5.74) is 2.71. The lowest BCUT2D eigenvalue weighted by molar-refractivity contribution is 0.451. The van der Waals surface area contributed by atoms with Crippen LogP contribution in [-0.4, -0.2) is 17.5 Å². The minimum atomic E-state index is 0.357. The summed E-state index contributed by atoms with van der Waals surface area (Å²) in [6.07, 6.45) is 2.04. The second-order valence-corrected chi connectivity index (χ2v) is 4.72. The van der Waals surface area contributed by atoms with Gasteiger partial charge in [0, 0.05) is 12.6 Å². The SMILES string of the molecule is C=CC1CN1C(c1ccccc1)c1ccccc1. The highest BCUT2D eigenvalue weighted by molar-refractivity contribution is 5.34. The van der Waals surface area contributed by atoms with Gasteiger partial charge in [0.25, 0.3) is 0 Å². The first kappa shape index (κ1) is 11.2. The number of benzene rings is 2. The van der Waals surface area contributed by atoms with E-state index in [0.717, 1.165) is 6.54 Å². The molecule has 0 radical (unpaired) electrons. The molecule has 0 saturated carbocycles. The van der Waals surface area contributed by atoms with Crippen molar-refractivity contribution in [1.29, 1.82) is 0 Å². The molecule has 2 unspecified atom stereocenters. The summed E-state index contributed by atoms with van der Waals surface area (Å²) in [7, 11) is 0. The lowest BCUT2D eigenvalue weighted by Crippen LogP contribution is -2.13. The van der Waals surface area contributed by atoms with Crippen LogP contribution in [0.3, 0.4) is 0 Å². The van der Waals surface area contributed by atoms with Gasteiger partial charge in [-0.15, -0.1) is 6.58 Å². The Morgan fingerprint density at radius 1 is 0.944 bits per heavy atom. The van der Waals surface area contributed by atoms with Crippen LogP contribution >= 0.6 is 0 Å². The van der Waals surface area contributed by atoms with Crippen LogP contribution in [-0.2, 0) is 0 Å². The molecule has 1 aliphatic heterocycles. The first-order valence-corrected chi connectivity index (χ1v) is 6.38. The molecule has 1 nitrogen and oxygen atoms in total. The molecule has 1 fully saturated rings. The van der Waals surface area contributed by atoms with Gasteiger partial charge >= 0.3 is 0 Å². The minimum absolute atomic E-state index is 0.357. The Morgan fingerprint density at radius 3 is 1.83 bits per heavy atom. The molecule has 2 aromatic carbocycles. The molecule has 1 saturated heterocycles. The van der Waals surface area contributed by atoms with Gasteiger partial charge in [0.1, 0.15) is 0 Å². The normalized spacial score (nSPS) is 21.8. The van der Waals surface area contributed by atoms with Crippen molar-refractivity contribution in [2.24, 2.45) is 0 Å². The summed E-state index contributed by atoms with van der Waals surface area (Å²) in [5, 5.41) is 0. The van der Waals surface area contributed by atoms with Crippen molar-refractivity contribution >= 4 is 0 Å². The van der Waals surface area contributed by atoms with Crippen LogP contribution in [0.5, 0.6) is 0 Å². The van der Waals surface area contributed by atoms with E-state index in [0.29, 0.717) is 12.1 Å². The summed E-state index contributed by atoms with van der Waals surface area (Å²) < 4.78 is 0. The molecule has 0 bridgehead atoms. The average Bonchev–Trinajstić information content (AvgIpc) is 3.21. The zero-order valence-corrected chi connectivity index (χ0v) is 10.4. The van der Waals surface area contributed by atoms with Crippen molar-refractivity contribution < 1.29 is 0 Å². The van der Waals surface area contributed by atoms with E-state index in [-0.39, 0.29) is 0 Å². The van der Waals surface area contributed by atoms with Crippen molar-refractivity contribution in [3.05, 3.63) is 84.4 Å². The average molecular weight is 235 g/mol. The quantitative estimate of drug-likeness (QED) is 0.577. The van der Waals surface area contributed by atoms with Gasteiger partial charge in [-0.25, -0.2) is 0 Å². The minimum Gasteiger partial charge on any atom is -0.283 e. The standard InChI is InChI=1S/C17H17N/c1-2-16-13-18(16)17(14-9-5-3-6-10-14)15-11-7-4-8-12-15/h2-12,16-17H,1,13H2. The summed E-state index contributed by atoms with van der Waals surface area (Å²) in [6, 6.07) is 22.3. The molecular formula is C17H17N. The van der Waals surface area contributed by atoms with Crippen molar-refractivity contribution in [1.82, 2.24) is 4.90 Å². The number of rotatable bonds is 4. The zero-order chi connectivity index (χ0) is 12.4. The summed E-state index contributed by atoms with van der Waals surface area (Å²) in [6.45, 7) is 5.01. The van der Waals surface area contributed by atoms with Crippen LogP contribution in [0.25, 0.3) is 0 Å². The third kappa shape index (κ3) is 2.09. The van der Waals surface area contributed by atoms with E-state index in [1.807, 2.05) is 6.08 Å². The maximum absolute atomic E-state index is 3.90. The van der Waals surface area contributed by atoms with Gasteiger partial charge in [0.2, 0.25) is 0 Å². The van der Waals surface area contributed by atoms with Crippen LogP contribution in [0.15, 0.2) is 73.3 Å². The third-order valence-corrected chi connectivity index (χ3v) is 3.52. The van der Waals surface area contributed by atoms with E-state index >= 15 is 0 Å². The van der Waals surface area contributed by atoms with E-state index in [2.05, 4.69) is 72.1 Å². The molecule has 3 rings (SSSR count). The molecule has 0 aliphatic carbocycles. The molecule has 2 aromatic rings.